The molecule has 7 nitrogen and oxygen atoms in total. The molecule has 0 aliphatic rings. The van der Waals surface area contributed by atoms with Gasteiger partial charge in [0.1, 0.15) is 24.7 Å². The summed E-state index contributed by atoms with van der Waals surface area (Å²) in [6.07, 6.45) is 1.52. The van der Waals surface area contributed by atoms with Crippen molar-refractivity contribution in [3.8, 4) is 11.5 Å². The molecule has 0 heterocycles. The van der Waals surface area contributed by atoms with Crippen LogP contribution in [0.2, 0.25) is 5.02 Å². The maximum atomic E-state index is 12.5. The maximum absolute atomic E-state index is 12.5. The lowest BCUT2D eigenvalue weighted by Gasteiger charge is -2.09. The molecule has 192 valence electrons. The molecular formula is C30H25ClN2O5. The average Bonchev–Trinajstić information content (AvgIpc) is 2.96. The number of hydrazone groups is 1. The summed E-state index contributed by atoms with van der Waals surface area (Å²) in [5.74, 6) is 0.504. The van der Waals surface area contributed by atoms with Crippen LogP contribution < -0.4 is 14.9 Å². The number of esters is 1. The van der Waals surface area contributed by atoms with E-state index >= 15 is 0 Å². The van der Waals surface area contributed by atoms with Crippen LogP contribution in [0.25, 0.3) is 0 Å². The SMILES string of the molecule is COC(=O)c1ccc(COc2ccccc2/C=N\NC(=O)c2ccc(OCc3ccc(Cl)cc3)cc2)cc1. The number of methoxy groups -OCH3 is 1. The van der Waals surface area contributed by atoms with E-state index in [0.717, 1.165) is 11.1 Å². The van der Waals surface area contributed by atoms with E-state index in [9.17, 15) is 9.59 Å². The van der Waals surface area contributed by atoms with Gasteiger partial charge in [0.15, 0.2) is 0 Å². The molecule has 1 amide bonds. The Kier molecular flexibility index (Phi) is 9.10. The molecule has 0 bridgehead atoms. The van der Waals surface area contributed by atoms with Crippen molar-refractivity contribution in [1.82, 2.24) is 5.43 Å². The van der Waals surface area contributed by atoms with Gasteiger partial charge >= 0.3 is 5.97 Å². The summed E-state index contributed by atoms with van der Waals surface area (Å²) in [6.45, 7) is 0.693. The van der Waals surface area contributed by atoms with E-state index in [1.807, 2.05) is 48.5 Å². The molecule has 0 aliphatic heterocycles. The molecule has 0 saturated heterocycles. The quantitative estimate of drug-likeness (QED) is 0.154. The number of para-hydroxylation sites is 1. The first-order valence-electron chi connectivity index (χ1n) is 11.7. The first-order valence-corrected chi connectivity index (χ1v) is 12.1. The van der Waals surface area contributed by atoms with Crippen molar-refractivity contribution >= 4 is 29.7 Å². The molecule has 0 atom stereocenters. The monoisotopic (exact) mass is 528 g/mol. The van der Waals surface area contributed by atoms with Crippen LogP contribution in [0.5, 0.6) is 11.5 Å². The number of carbonyl (C=O) groups is 2. The zero-order valence-electron chi connectivity index (χ0n) is 20.6. The van der Waals surface area contributed by atoms with E-state index in [1.54, 1.807) is 48.5 Å². The van der Waals surface area contributed by atoms with Gasteiger partial charge < -0.3 is 14.2 Å². The van der Waals surface area contributed by atoms with Gasteiger partial charge in [-0.1, -0.05) is 48.0 Å². The van der Waals surface area contributed by atoms with Gasteiger partial charge in [0, 0.05) is 16.1 Å². The number of hydrogen-bond donors (Lipinski definition) is 1. The highest BCUT2D eigenvalue weighted by atomic mass is 35.5. The molecule has 0 fully saturated rings. The number of ether oxygens (including phenoxy) is 3. The molecule has 4 rings (SSSR count). The summed E-state index contributed by atoms with van der Waals surface area (Å²) < 4.78 is 16.4. The first kappa shape index (κ1) is 26.4. The molecule has 0 spiro atoms. The summed E-state index contributed by atoms with van der Waals surface area (Å²) in [5.41, 5.74) is 6.03. The zero-order chi connectivity index (χ0) is 26.7. The largest absolute Gasteiger partial charge is 0.489 e. The predicted octanol–water partition coefficient (Wildman–Crippen LogP) is 6.05. The minimum absolute atomic E-state index is 0.297. The van der Waals surface area contributed by atoms with Crippen LogP contribution >= 0.6 is 11.6 Å². The number of carbonyl (C=O) groups excluding carboxylic acids is 2. The third kappa shape index (κ3) is 7.44. The number of hydrogen-bond acceptors (Lipinski definition) is 6. The topological polar surface area (TPSA) is 86.2 Å². The van der Waals surface area contributed by atoms with E-state index in [0.29, 0.717) is 46.4 Å². The van der Waals surface area contributed by atoms with Gasteiger partial charge in [-0.2, -0.15) is 5.10 Å². The molecule has 0 saturated carbocycles. The smallest absolute Gasteiger partial charge is 0.337 e. The zero-order valence-corrected chi connectivity index (χ0v) is 21.4. The Morgan fingerprint density at radius 3 is 2.08 bits per heavy atom. The average molecular weight is 529 g/mol. The fourth-order valence-corrected chi connectivity index (χ4v) is 3.54. The molecule has 0 aliphatic carbocycles. The van der Waals surface area contributed by atoms with E-state index in [1.165, 1.54) is 13.3 Å². The van der Waals surface area contributed by atoms with Gasteiger partial charge in [0.05, 0.1) is 18.9 Å². The Morgan fingerprint density at radius 1 is 0.789 bits per heavy atom. The van der Waals surface area contributed by atoms with Crippen LogP contribution in [0.1, 0.15) is 37.4 Å². The lowest BCUT2D eigenvalue weighted by Crippen LogP contribution is -2.17. The van der Waals surface area contributed by atoms with Gasteiger partial charge in [-0.3, -0.25) is 4.79 Å². The standard InChI is InChI=1S/C30H25ClN2O5/c1-36-30(35)24-10-6-21(7-11-24)20-38-28-5-3-2-4-25(28)18-32-33-29(34)23-12-16-27(17-13-23)37-19-22-8-14-26(31)15-9-22/h2-18H,19-20H2,1H3,(H,33,34)/b32-18-. The number of nitrogens with zero attached hydrogens (tertiary/aromatic N) is 1. The van der Waals surface area contributed by atoms with Crippen molar-refractivity contribution < 1.29 is 23.8 Å². The lowest BCUT2D eigenvalue weighted by molar-refractivity contribution is 0.0600. The van der Waals surface area contributed by atoms with Gasteiger partial charge in [0.2, 0.25) is 0 Å². The molecule has 0 aromatic heterocycles. The van der Waals surface area contributed by atoms with Crippen molar-refractivity contribution in [2.45, 2.75) is 13.2 Å². The van der Waals surface area contributed by atoms with Crippen molar-refractivity contribution in [3.63, 3.8) is 0 Å². The van der Waals surface area contributed by atoms with Crippen LogP contribution in [0.4, 0.5) is 0 Å². The highest BCUT2D eigenvalue weighted by Gasteiger charge is 2.07. The molecule has 4 aromatic carbocycles. The van der Waals surface area contributed by atoms with Crippen molar-refractivity contribution in [2.75, 3.05) is 7.11 Å². The van der Waals surface area contributed by atoms with Crippen molar-refractivity contribution in [2.24, 2.45) is 5.10 Å². The number of amides is 1. The fraction of sp³-hybridized carbons (Fsp3) is 0.100. The minimum Gasteiger partial charge on any atom is -0.489 e. The summed E-state index contributed by atoms with van der Waals surface area (Å²) in [4.78, 5) is 24.1. The minimum atomic E-state index is -0.389. The maximum Gasteiger partial charge on any atom is 0.337 e. The lowest BCUT2D eigenvalue weighted by atomic mass is 10.1. The number of rotatable bonds is 10. The molecule has 1 N–H and O–H groups in total. The van der Waals surface area contributed by atoms with Gasteiger partial charge in [0.25, 0.3) is 5.91 Å². The molecule has 0 radical (unpaired) electrons. The van der Waals surface area contributed by atoms with E-state index in [2.05, 4.69) is 10.5 Å². The summed E-state index contributed by atoms with van der Waals surface area (Å²) >= 11 is 5.90. The first-order chi connectivity index (χ1) is 18.5. The van der Waals surface area contributed by atoms with E-state index in [4.69, 9.17) is 25.8 Å². The molecule has 8 heteroatoms. The van der Waals surface area contributed by atoms with Gasteiger partial charge in [-0.05, 0) is 71.8 Å². The molecular weight excluding hydrogens is 504 g/mol. The third-order valence-corrected chi connectivity index (χ3v) is 5.75. The fourth-order valence-electron chi connectivity index (χ4n) is 3.41. The number of benzene rings is 4. The summed E-state index contributed by atoms with van der Waals surface area (Å²) in [7, 11) is 1.34. The third-order valence-electron chi connectivity index (χ3n) is 5.49. The van der Waals surface area contributed by atoms with Crippen LogP contribution in [0.15, 0.2) is 102 Å². The van der Waals surface area contributed by atoms with E-state index < -0.39 is 0 Å². The number of halogens is 1. The number of nitrogens with one attached hydrogen (secondary N) is 1. The van der Waals surface area contributed by atoms with Gasteiger partial charge in [-0.25, -0.2) is 10.2 Å². The second kappa shape index (κ2) is 13.1. The second-order valence-corrected chi connectivity index (χ2v) is 8.59. The Balaban J connectivity index is 1.29. The van der Waals surface area contributed by atoms with Gasteiger partial charge in [-0.15, -0.1) is 0 Å². The highest BCUT2D eigenvalue weighted by Crippen LogP contribution is 2.19. The molecule has 4 aromatic rings. The normalized spacial score (nSPS) is 10.7. The summed E-state index contributed by atoms with van der Waals surface area (Å²) in [5, 5.41) is 4.75. The van der Waals surface area contributed by atoms with Crippen LogP contribution in [0.3, 0.4) is 0 Å². The molecule has 38 heavy (non-hydrogen) atoms. The van der Waals surface area contributed by atoms with Crippen LogP contribution in [-0.2, 0) is 18.0 Å². The second-order valence-electron chi connectivity index (χ2n) is 8.15. The Bertz CT molecular complexity index is 1400. The Labute approximate surface area is 225 Å². The Hall–Kier alpha value is -4.62. The Morgan fingerprint density at radius 2 is 1.39 bits per heavy atom. The highest BCUT2D eigenvalue weighted by molar-refractivity contribution is 6.30. The summed E-state index contributed by atoms with van der Waals surface area (Å²) in [6, 6.07) is 28.5. The molecule has 0 unspecified atom stereocenters. The van der Waals surface area contributed by atoms with Crippen LogP contribution in [0, 0.1) is 0 Å². The predicted molar refractivity (Wildman–Crippen MR) is 146 cm³/mol. The van der Waals surface area contributed by atoms with Crippen molar-refractivity contribution in [3.05, 3.63) is 130 Å². The van der Waals surface area contributed by atoms with E-state index in [-0.39, 0.29) is 11.9 Å². The van der Waals surface area contributed by atoms with Crippen molar-refractivity contribution in [1.29, 1.82) is 0 Å². The van der Waals surface area contributed by atoms with Crippen LogP contribution in [-0.4, -0.2) is 25.2 Å².